The minimum Gasteiger partial charge on any atom is -0.333 e. The summed E-state index contributed by atoms with van der Waals surface area (Å²) in [7, 11) is 0. The average molecular weight is 386 g/mol. The highest BCUT2D eigenvalue weighted by Gasteiger charge is 2.34. The summed E-state index contributed by atoms with van der Waals surface area (Å²) in [5, 5.41) is 0. The first-order valence-corrected chi connectivity index (χ1v) is 10.3. The Morgan fingerprint density at radius 2 is 1.79 bits per heavy atom. The second kappa shape index (κ2) is 8.76. The van der Waals surface area contributed by atoms with Gasteiger partial charge in [-0.1, -0.05) is 44.4 Å². The van der Waals surface area contributed by atoms with Crippen LogP contribution < -0.4 is 4.90 Å². The smallest absolute Gasteiger partial charge is 0.248 e. The fourth-order valence-electron chi connectivity index (χ4n) is 4.03. The molecule has 0 spiro atoms. The summed E-state index contributed by atoms with van der Waals surface area (Å²) in [6.07, 6.45) is 4.02. The van der Waals surface area contributed by atoms with E-state index in [0.29, 0.717) is 12.5 Å². The molecule has 1 aromatic rings. The molecule has 152 valence electrons. The molecule has 0 bridgehead atoms. The van der Waals surface area contributed by atoms with Gasteiger partial charge in [0, 0.05) is 18.2 Å². The first kappa shape index (κ1) is 20.4. The molecule has 0 atom stereocenters. The van der Waals surface area contributed by atoms with E-state index in [1.807, 2.05) is 31.2 Å². The Kier molecular flexibility index (Phi) is 6.37. The van der Waals surface area contributed by atoms with E-state index < -0.39 is 0 Å². The van der Waals surface area contributed by atoms with Crippen LogP contribution in [0.5, 0.6) is 0 Å². The summed E-state index contributed by atoms with van der Waals surface area (Å²) in [4.78, 5) is 43.1. The van der Waals surface area contributed by atoms with E-state index >= 15 is 0 Å². The molecule has 1 saturated heterocycles. The third-order valence-corrected chi connectivity index (χ3v) is 5.57. The molecule has 6 nitrogen and oxygen atoms in total. The van der Waals surface area contributed by atoms with Crippen LogP contribution in [0.4, 0.5) is 5.69 Å². The average Bonchev–Trinajstić information content (AvgIpc) is 3.31. The van der Waals surface area contributed by atoms with Crippen LogP contribution in [0.3, 0.4) is 0 Å². The Morgan fingerprint density at radius 1 is 1.14 bits per heavy atom. The predicted octanol–water partition coefficient (Wildman–Crippen LogP) is 2.80. The van der Waals surface area contributed by atoms with Gasteiger partial charge < -0.3 is 9.80 Å². The zero-order chi connectivity index (χ0) is 20.3. The van der Waals surface area contributed by atoms with Crippen molar-refractivity contribution in [3.05, 3.63) is 29.8 Å². The van der Waals surface area contributed by atoms with Crippen molar-refractivity contribution in [3.63, 3.8) is 0 Å². The molecule has 1 aromatic carbocycles. The van der Waals surface area contributed by atoms with E-state index in [-0.39, 0.29) is 43.4 Å². The third kappa shape index (κ3) is 4.72. The maximum absolute atomic E-state index is 12.9. The summed E-state index contributed by atoms with van der Waals surface area (Å²) < 4.78 is 0. The Labute approximate surface area is 167 Å². The number of carbonyl (C=O) groups excluding carboxylic acids is 3. The number of aryl methyl sites for hydroxylation is 1. The van der Waals surface area contributed by atoms with E-state index in [4.69, 9.17) is 0 Å². The van der Waals surface area contributed by atoms with Crippen LogP contribution in [0.25, 0.3) is 0 Å². The Balaban J connectivity index is 1.65. The van der Waals surface area contributed by atoms with E-state index in [1.54, 1.807) is 14.7 Å². The Bertz CT molecular complexity index is 723. The summed E-state index contributed by atoms with van der Waals surface area (Å²) in [5.41, 5.74) is 1.92. The number of hydrogen-bond donors (Lipinski definition) is 0. The quantitative estimate of drug-likeness (QED) is 0.757. The summed E-state index contributed by atoms with van der Waals surface area (Å²) in [6.45, 7) is 7.05. The Hall–Kier alpha value is -2.37. The zero-order valence-electron chi connectivity index (χ0n) is 17.2. The molecule has 6 heteroatoms. The highest BCUT2D eigenvalue weighted by molar-refractivity contribution is 6.00. The van der Waals surface area contributed by atoms with Gasteiger partial charge in [0.15, 0.2) is 0 Å². The van der Waals surface area contributed by atoms with Crippen molar-refractivity contribution < 1.29 is 14.4 Å². The van der Waals surface area contributed by atoms with E-state index in [0.717, 1.165) is 36.9 Å². The second-order valence-electron chi connectivity index (χ2n) is 8.48. The van der Waals surface area contributed by atoms with Crippen molar-refractivity contribution in [1.82, 2.24) is 9.80 Å². The van der Waals surface area contributed by atoms with Crippen LogP contribution in [0.15, 0.2) is 24.3 Å². The van der Waals surface area contributed by atoms with Gasteiger partial charge in [0.25, 0.3) is 0 Å². The second-order valence-corrected chi connectivity index (χ2v) is 8.48. The zero-order valence-corrected chi connectivity index (χ0v) is 17.2. The van der Waals surface area contributed by atoms with Crippen molar-refractivity contribution >= 4 is 23.4 Å². The van der Waals surface area contributed by atoms with E-state index in [9.17, 15) is 14.4 Å². The van der Waals surface area contributed by atoms with Gasteiger partial charge in [0.2, 0.25) is 17.7 Å². The van der Waals surface area contributed by atoms with Gasteiger partial charge in [-0.3, -0.25) is 19.3 Å². The molecule has 0 N–H and O–H groups in total. The topological polar surface area (TPSA) is 60.9 Å². The minimum absolute atomic E-state index is 0.0517. The molecule has 1 heterocycles. The number of carbonyl (C=O) groups is 3. The molecule has 28 heavy (non-hydrogen) atoms. The lowest BCUT2D eigenvalue weighted by molar-refractivity contribution is -0.143. The summed E-state index contributed by atoms with van der Waals surface area (Å²) in [6, 6.07) is 7.71. The van der Waals surface area contributed by atoms with Crippen LogP contribution in [-0.4, -0.2) is 53.8 Å². The first-order chi connectivity index (χ1) is 13.3. The lowest BCUT2D eigenvalue weighted by Crippen LogP contribution is -2.45. The number of nitrogens with zero attached hydrogens (tertiary/aromatic N) is 3. The molecule has 2 fully saturated rings. The van der Waals surface area contributed by atoms with Crippen molar-refractivity contribution in [3.8, 4) is 0 Å². The molecule has 0 aromatic heterocycles. The van der Waals surface area contributed by atoms with Crippen molar-refractivity contribution in [2.75, 3.05) is 31.2 Å². The molecule has 1 saturated carbocycles. The van der Waals surface area contributed by atoms with E-state index in [1.165, 1.54) is 0 Å². The predicted molar refractivity (Wildman–Crippen MR) is 109 cm³/mol. The van der Waals surface area contributed by atoms with Gasteiger partial charge in [-0.25, -0.2) is 0 Å². The highest BCUT2D eigenvalue weighted by atomic mass is 16.2. The van der Waals surface area contributed by atoms with Gasteiger partial charge in [-0.15, -0.1) is 0 Å². The number of hydrogen-bond acceptors (Lipinski definition) is 3. The number of benzene rings is 1. The molecule has 2 aliphatic rings. The first-order valence-electron chi connectivity index (χ1n) is 10.3. The number of anilines is 1. The van der Waals surface area contributed by atoms with Crippen LogP contribution in [0.1, 0.15) is 45.1 Å². The fourth-order valence-corrected chi connectivity index (χ4v) is 4.03. The van der Waals surface area contributed by atoms with E-state index in [2.05, 4.69) is 13.8 Å². The van der Waals surface area contributed by atoms with Crippen molar-refractivity contribution in [1.29, 1.82) is 0 Å². The number of amides is 3. The Morgan fingerprint density at radius 3 is 2.39 bits per heavy atom. The highest BCUT2D eigenvalue weighted by Crippen LogP contribution is 2.27. The van der Waals surface area contributed by atoms with Crippen molar-refractivity contribution in [2.24, 2.45) is 11.8 Å². The summed E-state index contributed by atoms with van der Waals surface area (Å²) in [5.74, 6) is 0.198. The lowest BCUT2D eigenvalue weighted by Gasteiger charge is -2.28. The standard InChI is InChI=1S/C22H31N3O3/c1-16(2)12-23(22(28)18-6-4-5-7-18)13-20(26)24-14-21(27)25(15-24)19-10-8-17(3)9-11-19/h8-11,16,18H,4-7,12-15H2,1-3H3. The normalized spacial score (nSPS) is 17.6. The van der Waals surface area contributed by atoms with Crippen LogP contribution in [0, 0.1) is 18.8 Å². The number of rotatable bonds is 6. The van der Waals surface area contributed by atoms with Gasteiger partial charge in [-0.2, -0.15) is 0 Å². The maximum Gasteiger partial charge on any atom is 0.248 e. The molecule has 1 aliphatic carbocycles. The summed E-state index contributed by atoms with van der Waals surface area (Å²) >= 11 is 0. The third-order valence-electron chi connectivity index (χ3n) is 5.57. The molecule has 3 rings (SSSR count). The minimum atomic E-state index is -0.157. The molecular weight excluding hydrogens is 354 g/mol. The monoisotopic (exact) mass is 385 g/mol. The van der Waals surface area contributed by atoms with Gasteiger partial charge in [0.05, 0.1) is 6.54 Å². The van der Waals surface area contributed by atoms with Gasteiger partial charge in [0.1, 0.15) is 13.2 Å². The van der Waals surface area contributed by atoms with Gasteiger partial charge in [-0.05, 0) is 37.8 Å². The molecule has 0 unspecified atom stereocenters. The van der Waals surface area contributed by atoms with Crippen LogP contribution in [0.2, 0.25) is 0 Å². The molecule has 0 radical (unpaired) electrons. The SMILES string of the molecule is Cc1ccc(N2CN(C(=O)CN(CC(C)C)C(=O)C3CCCC3)CC2=O)cc1. The van der Waals surface area contributed by atoms with Crippen LogP contribution in [-0.2, 0) is 14.4 Å². The van der Waals surface area contributed by atoms with Gasteiger partial charge >= 0.3 is 0 Å². The maximum atomic E-state index is 12.9. The molecule has 1 aliphatic heterocycles. The lowest BCUT2D eigenvalue weighted by atomic mass is 10.1. The molecule has 3 amide bonds. The van der Waals surface area contributed by atoms with Crippen LogP contribution >= 0.6 is 0 Å². The largest absolute Gasteiger partial charge is 0.333 e. The fraction of sp³-hybridized carbons (Fsp3) is 0.591. The van der Waals surface area contributed by atoms with Crippen molar-refractivity contribution in [2.45, 2.75) is 46.5 Å². The molecular formula is C22H31N3O3.